The van der Waals surface area contributed by atoms with Gasteiger partial charge in [-0.05, 0) is 0 Å². The Morgan fingerprint density at radius 1 is 1.23 bits per heavy atom. The molecule has 2 heterocycles. The van der Waals surface area contributed by atoms with E-state index in [2.05, 4.69) is 15.0 Å². The summed E-state index contributed by atoms with van der Waals surface area (Å²) in [5.74, 6) is 0.519. The molecule has 0 bridgehead atoms. The van der Waals surface area contributed by atoms with Crippen molar-refractivity contribution < 1.29 is 4.74 Å². The molecule has 2 aromatic heterocycles. The molecule has 0 amide bonds. The van der Waals surface area contributed by atoms with E-state index < -0.39 is 0 Å². The standard InChI is InChI=1S/C8H7N3OS/c1-12-8-4-9-2-6(11-8)7-3-10-5-13-7/h2-5H,1H3. The first kappa shape index (κ1) is 8.12. The third-order valence-electron chi connectivity index (χ3n) is 1.51. The summed E-state index contributed by atoms with van der Waals surface area (Å²) >= 11 is 1.53. The van der Waals surface area contributed by atoms with Gasteiger partial charge in [-0.1, -0.05) is 0 Å². The Kier molecular flexibility index (Phi) is 2.18. The molecule has 0 fully saturated rings. The molecule has 0 radical (unpaired) electrons. The molecule has 0 saturated carbocycles. The molecule has 0 unspecified atom stereocenters. The van der Waals surface area contributed by atoms with Crippen LogP contribution in [0.2, 0.25) is 0 Å². The molecular formula is C8H7N3OS. The van der Waals surface area contributed by atoms with Crippen LogP contribution in [0.1, 0.15) is 0 Å². The van der Waals surface area contributed by atoms with Crippen molar-refractivity contribution in [2.75, 3.05) is 7.11 Å². The molecule has 0 saturated heterocycles. The van der Waals surface area contributed by atoms with Crippen LogP contribution in [0.3, 0.4) is 0 Å². The largest absolute Gasteiger partial charge is 0.480 e. The Labute approximate surface area is 79.3 Å². The molecule has 0 aliphatic rings. The van der Waals surface area contributed by atoms with E-state index in [1.165, 1.54) is 11.3 Å². The fraction of sp³-hybridized carbons (Fsp3) is 0.125. The number of rotatable bonds is 2. The average molecular weight is 193 g/mol. The summed E-state index contributed by atoms with van der Waals surface area (Å²) in [5.41, 5.74) is 2.55. The van der Waals surface area contributed by atoms with Gasteiger partial charge >= 0.3 is 0 Å². The van der Waals surface area contributed by atoms with Crippen molar-refractivity contribution in [3.05, 3.63) is 24.1 Å². The van der Waals surface area contributed by atoms with Crippen molar-refractivity contribution in [3.63, 3.8) is 0 Å². The van der Waals surface area contributed by atoms with Crippen LogP contribution in [0.5, 0.6) is 5.88 Å². The van der Waals surface area contributed by atoms with E-state index >= 15 is 0 Å². The number of ether oxygens (including phenoxy) is 1. The van der Waals surface area contributed by atoms with E-state index in [0.29, 0.717) is 5.88 Å². The number of hydrogen-bond acceptors (Lipinski definition) is 5. The summed E-state index contributed by atoms with van der Waals surface area (Å²) in [6.07, 6.45) is 5.02. The fourth-order valence-electron chi connectivity index (χ4n) is 0.907. The van der Waals surface area contributed by atoms with Gasteiger partial charge in [0.1, 0.15) is 5.69 Å². The molecule has 0 N–H and O–H groups in total. The smallest absolute Gasteiger partial charge is 0.232 e. The molecule has 2 aromatic rings. The van der Waals surface area contributed by atoms with Crippen LogP contribution < -0.4 is 4.74 Å². The van der Waals surface area contributed by atoms with Crippen LogP contribution in [0, 0.1) is 0 Å². The lowest BCUT2D eigenvalue weighted by molar-refractivity contribution is 0.396. The SMILES string of the molecule is COc1cncc(-c2cncs2)n1. The number of nitrogens with zero attached hydrogens (tertiary/aromatic N) is 3. The summed E-state index contributed by atoms with van der Waals surface area (Å²) in [6.45, 7) is 0. The molecule has 0 atom stereocenters. The predicted octanol–water partition coefficient (Wildman–Crippen LogP) is 1.61. The first-order valence-corrected chi connectivity index (χ1v) is 4.53. The molecular weight excluding hydrogens is 186 g/mol. The summed E-state index contributed by atoms with van der Waals surface area (Å²) < 4.78 is 4.96. The maximum atomic E-state index is 4.96. The lowest BCUT2D eigenvalue weighted by atomic mass is 10.4. The van der Waals surface area contributed by atoms with Gasteiger partial charge in [-0.25, -0.2) is 4.98 Å². The highest BCUT2D eigenvalue weighted by atomic mass is 32.1. The van der Waals surface area contributed by atoms with Gasteiger partial charge in [0, 0.05) is 6.20 Å². The molecule has 0 aromatic carbocycles. The zero-order valence-electron chi connectivity index (χ0n) is 6.97. The van der Waals surface area contributed by atoms with E-state index in [1.807, 2.05) is 0 Å². The topological polar surface area (TPSA) is 47.9 Å². The number of aromatic nitrogens is 3. The Morgan fingerprint density at radius 3 is 2.85 bits per heavy atom. The molecule has 13 heavy (non-hydrogen) atoms. The van der Waals surface area contributed by atoms with Gasteiger partial charge in [-0.2, -0.15) is 0 Å². The Hall–Kier alpha value is -1.49. The van der Waals surface area contributed by atoms with Crippen molar-refractivity contribution in [1.29, 1.82) is 0 Å². The number of thiazole rings is 1. The average Bonchev–Trinajstić information content (AvgIpc) is 2.71. The predicted molar refractivity (Wildman–Crippen MR) is 49.7 cm³/mol. The van der Waals surface area contributed by atoms with Gasteiger partial charge in [0.2, 0.25) is 5.88 Å². The lowest BCUT2D eigenvalue weighted by Crippen LogP contribution is -1.90. The minimum absolute atomic E-state index is 0.519. The Morgan fingerprint density at radius 2 is 2.15 bits per heavy atom. The highest BCUT2D eigenvalue weighted by Gasteiger charge is 2.02. The van der Waals surface area contributed by atoms with Crippen molar-refractivity contribution in [2.45, 2.75) is 0 Å². The number of methoxy groups -OCH3 is 1. The van der Waals surface area contributed by atoms with E-state index in [1.54, 1.807) is 31.2 Å². The van der Waals surface area contributed by atoms with Gasteiger partial charge in [0.25, 0.3) is 0 Å². The van der Waals surface area contributed by atoms with Gasteiger partial charge in [0.15, 0.2) is 0 Å². The second-order valence-electron chi connectivity index (χ2n) is 2.31. The van der Waals surface area contributed by atoms with E-state index in [4.69, 9.17) is 4.74 Å². The fourth-order valence-corrected chi connectivity index (χ4v) is 1.48. The monoisotopic (exact) mass is 193 g/mol. The molecule has 0 aliphatic carbocycles. The minimum atomic E-state index is 0.519. The van der Waals surface area contributed by atoms with Crippen LogP contribution in [-0.2, 0) is 0 Å². The van der Waals surface area contributed by atoms with Crippen LogP contribution in [0.4, 0.5) is 0 Å². The summed E-state index contributed by atoms with van der Waals surface area (Å²) in [5, 5.41) is 0. The minimum Gasteiger partial charge on any atom is -0.480 e. The van der Waals surface area contributed by atoms with Gasteiger partial charge in [-0.15, -0.1) is 11.3 Å². The third-order valence-corrected chi connectivity index (χ3v) is 2.30. The second kappa shape index (κ2) is 3.49. The summed E-state index contributed by atoms with van der Waals surface area (Å²) in [7, 11) is 1.57. The lowest BCUT2D eigenvalue weighted by Gasteiger charge is -1.98. The zero-order valence-corrected chi connectivity index (χ0v) is 7.78. The molecule has 5 heteroatoms. The van der Waals surface area contributed by atoms with Crippen molar-refractivity contribution in [3.8, 4) is 16.5 Å². The molecule has 0 spiro atoms. The summed E-state index contributed by atoms with van der Waals surface area (Å²) in [6, 6.07) is 0. The van der Waals surface area contributed by atoms with Gasteiger partial charge in [-0.3, -0.25) is 9.97 Å². The van der Waals surface area contributed by atoms with Gasteiger partial charge in [0.05, 0.1) is 29.9 Å². The normalized spacial score (nSPS) is 9.92. The molecule has 66 valence electrons. The van der Waals surface area contributed by atoms with Gasteiger partial charge < -0.3 is 4.74 Å². The van der Waals surface area contributed by atoms with Crippen LogP contribution in [0.25, 0.3) is 10.6 Å². The van der Waals surface area contributed by atoms with E-state index in [9.17, 15) is 0 Å². The molecule has 4 nitrogen and oxygen atoms in total. The first-order chi connectivity index (χ1) is 6.40. The third kappa shape index (κ3) is 1.65. The van der Waals surface area contributed by atoms with E-state index in [0.717, 1.165) is 10.6 Å². The Bertz CT molecular complexity index is 388. The quantitative estimate of drug-likeness (QED) is 0.727. The maximum Gasteiger partial charge on any atom is 0.232 e. The number of hydrogen-bond donors (Lipinski definition) is 0. The van der Waals surface area contributed by atoms with E-state index in [-0.39, 0.29) is 0 Å². The van der Waals surface area contributed by atoms with Crippen molar-refractivity contribution >= 4 is 11.3 Å². The highest BCUT2D eigenvalue weighted by molar-refractivity contribution is 7.13. The van der Waals surface area contributed by atoms with Crippen molar-refractivity contribution in [1.82, 2.24) is 15.0 Å². The van der Waals surface area contributed by atoms with Crippen LogP contribution >= 0.6 is 11.3 Å². The zero-order chi connectivity index (χ0) is 9.10. The molecule has 0 aliphatic heterocycles. The van der Waals surface area contributed by atoms with Crippen LogP contribution in [-0.4, -0.2) is 22.1 Å². The van der Waals surface area contributed by atoms with Crippen molar-refractivity contribution in [2.24, 2.45) is 0 Å². The summed E-state index contributed by atoms with van der Waals surface area (Å²) in [4.78, 5) is 13.2. The molecule has 2 rings (SSSR count). The second-order valence-corrected chi connectivity index (χ2v) is 3.20. The first-order valence-electron chi connectivity index (χ1n) is 3.65. The highest BCUT2D eigenvalue weighted by Crippen LogP contribution is 2.21. The Balaban J connectivity index is 2.41. The van der Waals surface area contributed by atoms with Crippen LogP contribution in [0.15, 0.2) is 24.1 Å². The maximum absolute atomic E-state index is 4.96.